The van der Waals surface area contributed by atoms with Crippen LogP contribution in [-0.2, 0) is 13.0 Å². The van der Waals surface area contributed by atoms with Gasteiger partial charge >= 0.3 is 0 Å². The van der Waals surface area contributed by atoms with Gasteiger partial charge in [0.05, 0.1) is 5.69 Å². The first-order chi connectivity index (χ1) is 7.27. The first-order valence-corrected chi connectivity index (χ1v) is 6.12. The van der Waals surface area contributed by atoms with Crippen LogP contribution >= 0.6 is 0 Å². The van der Waals surface area contributed by atoms with Crippen molar-refractivity contribution in [2.75, 3.05) is 5.73 Å². The Hall–Kier alpha value is -0.990. The van der Waals surface area contributed by atoms with Gasteiger partial charge in [-0.2, -0.15) is 0 Å². The Balaban J connectivity index is 2.30. The summed E-state index contributed by atoms with van der Waals surface area (Å²) in [6, 6.07) is 0. The lowest BCUT2D eigenvalue weighted by Crippen LogP contribution is -2.06. The van der Waals surface area contributed by atoms with Crippen molar-refractivity contribution < 1.29 is 0 Å². The van der Waals surface area contributed by atoms with E-state index in [4.69, 9.17) is 10.7 Å². The molecule has 3 nitrogen and oxygen atoms in total. The van der Waals surface area contributed by atoms with E-state index in [0.717, 1.165) is 37.3 Å². The van der Waals surface area contributed by atoms with Gasteiger partial charge in [-0.05, 0) is 25.7 Å². The Labute approximate surface area is 91.7 Å². The lowest BCUT2D eigenvalue weighted by atomic mass is 10.2. The fourth-order valence-corrected chi connectivity index (χ4v) is 2.07. The molecule has 2 rings (SSSR count). The molecule has 1 heterocycles. The largest absolute Gasteiger partial charge is 0.384 e. The van der Waals surface area contributed by atoms with Gasteiger partial charge in [0, 0.05) is 12.5 Å². The predicted octanol–water partition coefficient (Wildman–Crippen LogP) is 2.71. The highest BCUT2D eigenvalue weighted by atomic mass is 15.1. The molecule has 1 aromatic rings. The molecular formula is C12H21N3. The van der Waals surface area contributed by atoms with Crippen LogP contribution in [0.2, 0.25) is 0 Å². The van der Waals surface area contributed by atoms with Crippen LogP contribution in [0, 0.1) is 0 Å². The second kappa shape index (κ2) is 4.25. The van der Waals surface area contributed by atoms with Crippen molar-refractivity contribution in [3.8, 4) is 0 Å². The molecule has 0 spiro atoms. The highest BCUT2D eigenvalue weighted by Crippen LogP contribution is 2.40. The van der Waals surface area contributed by atoms with Crippen LogP contribution < -0.4 is 5.73 Å². The molecule has 0 atom stereocenters. The highest BCUT2D eigenvalue weighted by Gasteiger charge is 2.30. The van der Waals surface area contributed by atoms with Crippen molar-refractivity contribution in [2.24, 2.45) is 0 Å². The lowest BCUT2D eigenvalue weighted by Gasteiger charge is -2.07. The van der Waals surface area contributed by atoms with Gasteiger partial charge < -0.3 is 10.3 Å². The monoisotopic (exact) mass is 207 g/mol. The zero-order chi connectivity index (χ0) is 10.8. The van der Waals surface area contributed by atoms with Crippen LogP contribution in [0.1, 0.15) is 57.0 Å². The topological polar surface area (TPSA) is 43.8 Å². The number of hydrogen-bond acceptors (Lipinski definition) is 2. The molecule has 1 aliphatic carbocycles. The minimum atomic E-state index is 0.699. The van der Waals surface area contributed by atoms with Crippen molar-refractivity contribution in [3.05, 3.63) is 11.5 Å². The summed E-state index contributed by atoms with van der Waals surface area (Å²) in [4.78, 5) is 4.72. The molecule has 84 valence electrons. The van der Waals surface area contributed by atoms with E-state index in [-0.39, 0.29) is 0 Å². The number of imidazole rings is 1. The van der Waals surface area contributed by atoms with E-state index in [2.05, 4.69) is 18.4 Å². The second-order valence-electron chi connectivity index (χ2n) is 4.48. The third-order valence-corrected chi connectivity index (χ3v) is 2.99. The van der Waals surface area contributed by atoms with Crippen LogP contribution in [0.15, 0.2) is 0 Å². The Kier molecular flexibility index (Phi) is 2.98. The summed E-state index contributed by atoms with van der Waals surface area (Å²) < 4.78 is 2.24. The molecule has 0 aliphatic heterocycles. The van der Waals surface area contributed by atoms with E-state index >= 15 is 0 Å². The van der Waals surface area contributed by atoms with E-state index in [1.54, 1.807) is 0 Å². The van der Waals surface area contributed by atoms with Gasteiger partial charge in [0.2, 0.25) is 0 Å². The summed E-state index contributed by atoms with van der Waals surface area (Å²) in [5.41, 5.74) is 7.26. The van der Waals surface area contributed by atoms with E-state index in [0.29, 0.717) is 5.92 Å². The Morgan fingerprint density at radius 2 is 2.07 bits per heavy atom. The molecular weight excluding hydrogens is 186 g/mol. The molecule has 1 aromatic heterocycles. The molecule has 1 fully saturated rings. The molecule has 0 radical (unpaired) electrons. The minimum absolute atomic E-state index is 0.699. The number of hydrogen-bond donors (Lipinski definition) is 1. The normalized spacial score (nSPS) is 15.9. The summed E-state index contributed by atoms with van der Waals surface area (Å²) in [7, 11) is 0. The quantitative estimate of drug-likeness (QED) is 0.806. The third kappa shape index (κ3) is 2.01. The summed E-state index contributed by atoms with van der Waals surface area (Å²) >= 11 is 0. The van der Waals surface area contributed by atoms with E-state index in [1.165, 1.54) is 18.7 Å². The number of aromatic nitrogens is 2. The zero-order valence-corrected chi connectivity index (χ0v) is 9.79. The molecule has 1 saturated carbocycles. The fourth-order valence-electron chi connectivity index (χ4n) is 2.07. The van der Waals surface area contributed by atoms with Crippen LogP contribution in [0.5, 0.6) is 0 Å². The number of nitrogens with zero attached hydrogens (tertiary/aromatic N) is 2. The molecule has 1 aliphatic rings. The van der Waals surface area contributed by atoms with Gasteiger partial charge in [-0.3, -0.25) is 0 Å². The SMILES string of the molecule is CCCc1nc(C2CC2)n(CCC)c1N. The summed E-state index contributed by atoms with van der Waals surface area (Å²) in [6.45, 7) is 5.39. The van der Waals surface area contributed by atoms with Crippen LogP contribution in [0.4, 0.5) is 5.82 Å². The van der Waals surface area contributed by atoms with Crippen LogP contribution in [0.3, 0.4) is 0 Å². The number of nitrogen functional groups attached to an aromatic ring is 1. The number of aryl methyl sites for hydroxylation is 1. The molecule has 0 saturated heterocycles. The molecule has 0 bridgehead atoms. The maximum absolute atomic E-state index is 6.14. The van der Waals surface area contributed by atoms with Gasteiger partial charge in [0.1, 0.15) is 11.6 Å². The van der Waals surface area contributed by atoms with E-state index in [9.17, 15) is 0 Å². The number of nitrogens with two attached hydrogens (primary N) is 1. The standard InChI is InChI=1S/C12H21N3/c1-3-5-10-11(13)15(8-4-2)12(14-10)9-6-7-9/h9H,3-8,13H2,1-2H3. The Morgan fingerprint density at radius 1 is 1.33 bits per heavy atom. The Bertz CT molecular complexity index is 337. The second-order valence-corrected chi connectivity index (χ2v) is 4.48. The van der Waals surface area contributed by atoms with Crippen molar-refractivity contribution in [1.82, 2.24) is 9.55 Å². The molecule has 0 unspecified atom stereocenters. The average molecular weight is 207 g/mol. The first-order valence-electron chi connectivity index (χ1n) is 6.12. The lowest BCUT2D eigenvalue weighted by molar-refractivity contribution is 0.646. The zero-order valence-electron chi connectivity index (χ0n) is 9.79. The molecule has 3 heteroatoms. The minimum Gasteiger partial charge on any atom is -0.384 e. The highest BCUT2D eigenvalue weighted by molar-refractivity contribution is 5.39. The van der Waals surface area contributed by atoms with E-state index < -0.39 is 0 Å². The van der Waals surface area contributed by atoms with Crippen molar-refractivity contribution in [2.45, 2.75) is 58.4 Å². The van der Waals surface area contributed by atoms with Crippen LogP contribution in [-0.4, -0.2) is 9.55 Å². The van der Waals surface area contributed by atoms with Gasteiger partial charge in [-0.1, -0.05) is 20.3 Å². The molecule has 15 heavy (non-hydrogen) atoms. The molecule has 0 amide bonds. The summed E-state index contributed by atoms with van der Waals surface area (Å²) in [5, 5.41) is 0. The third-order valence-electron chi connectivity index (χ3n) is 2.99. The van der Waals surface area contributed by atoms with Crippen molar-refractivity contribution in [3.63, 3.8) is 0 Å². The Morgan fingerprint density at radius 3 is 2.60 bits per heavy atom. The van der Waals surface area contributed by atoms with E-state index in [1.807, 2.05) is 0 Å². The summed E-state index contributed by atoms with van der Waals surface area (Å²) in [6.07, 6.45) is 5.86. The van der Waals surface area contributed by atoms with Crippen LogP contribution in [0.25, 0.3) is 0 Å². The van der Waals surface area contributed by atoms with Gasteiger partial charge in [-0.25, -0.2) is 4.98 Å². The first kappa shape index (κ1) is 10.5. The number of anilines is 1. The summed E-state index contributed by atoms with van der Waals surface area (Å²) in [5.74, 6) is 2.86. The fraction of sp³-hybridized carbons (Fsp3) is 0.750. The smallest absolute Gasteiger partial charge is 0.126 e. The molecule has 2 N–H and O–H groups in total. The van der Waals surface area contributed by atoms with Gasteiger partial charge in [0.25, 0.3) is 0 Å². The predicted molar refractivity (Wildman–Crippen MR) is 62.9 cm³/mol. The van der Waals surface area contributed by atoms with Crippen molar-refractivity contribution in [1.29, 1.82) is 0 Å². The number of rotatable bonds is 5. The maximum atomic E-state index is 6.14. The van der Waals surface area contributed by atoms with Gasteiger partial charge in [-0.15, -0.1) is 0 Å². The van der Waals surface area contributed by atoms with Gasteiger partial charge in [0.15, 0.2) is 0 Å². The maximum Gasteiger partial charge on any atom is 0.126 e. The van der Waals surface area contributed by atoms with Crippen molar-refractivity contribution >= 4 is 5.82 Å². The molecule has 0 aromatic carbocycles. The average Bonchev–Trinajstić information content (AvgIpc) is 3.00.